The predicted molar refractivity (Wildman–Crippen MR) is 52.7 cm³/mol. The maximum atomic E-state index is 11.3. The number of carboxylic acids is 1. The molecule has 17 heavy (non-hydrogen) atoms. The van der Waals surface area contributed by atoms with Gasteiger partial charge in [0.05, 0.1) is 6.42 Å². The molecular formula is C11H8O6. The molecule has 3 rings (SSSR count). The Balaban J connectivity index is 2.13. The predicted octanol–water partition coefficient (Wildman–Crippen LogP) is 0.640. The van der Waals surface area contributed by atoms with Crippen molar-refractivity contribution in [2.45, 2.75) is 12.5 Å². The fourth-order valence-electron chi connectivity index (χ4n) is 1.97. The van der Waals surface area contributed by atoms with Crippen LogP contribution in [0.15, 0.2) is 12.1 Å². The summed E-state index contributed by atoms with van der Waals surface area (Å²) < 4.78 is 15.1. The molecule has 2 heterocycles. The van der Waals surface area contributed by atoms with Crippen LogP contribution in [0.5, 0.6) is 11.5 Å². The third-order valence-electron chi connectivity index (χ3n) is 2.73. The largest absolute Gasteiger partial charge is 0.478 e. The molecule has 2 aliphatic rings. The quantitative estimate of drug-likeness (QED) is 0.720. The first kappa shape index (κ1) is 9.95. The van der Waals surface area contributed by atoms with E-state index in [1.807, 2.05) is 0 Å². The van der Waals surface area contributed by atoms with Crippen LogP contribution in [0.4, 0.5) is 0 Å². The maximum absolute atomic E-state index is 11.3. The number of esters is 1. The first-order valence-electron chi connectivity index (χ1n) is 5.00. The topological polar surface area (TPSA) is 82.1 Å². The molecule has 6 heteroatoms. The van der Waals surface area contributed by atoms with E-state index >= 15 is 0 Å². The van der Waals surface area contributed by atoms with E-state index in [2.05, 4.69) is 0 Å². The van der Waals surface area contributed by atoms with Crippen LogP contribution in [0, 0.1) is 0 Å². The molecule has 1 atom stereocenters. The number of carbonyl (C=O) groups excluding carboxylic acids is 1. The average molecular weight is 236 g/mol. The highest BCUT2D eigenvalue weighted by atomic mass is 16.7. The molecule has 2 aliphatic heterocycles. The summed E-state index contributed by atoms with van der Waals surface area (Å²) in [6.45, 7) is 0.102. The summed E-state index contributed by atoms with van der Waals surface area (Å²) >= 11 is 0. The van der Waals surface area contributed by atoms with Gasteiger partial charge in [-0.25, -0.2) is 4.79 Å². The van der Waals surface area contributed by atoms with Crippen LogP contribution in [0.2, 0.25) is 0 Å². The molecule has 1 aromatic rings. The van der Waals surface area contributed by atoms with Gasteiger partial charge in [0, 0.05) is 5.56 Å². The maximum Gasteiger partial charge on any atom is 0.349 e. The van der Waals surface area contributed by atoms with Crippen molar-refractivity contribution in [3.8, 4) is 11.5 Å². The second kappa shape index (κ2) is 3.38. The number of cyclic esters (lactones) is 1. The molecule has 0 bridgehead atoms. The van der Waals surface area contributed by atoms with E-state index < -0.39 is 18.0 Å². The fraction of sp³-hybridized carbons (Fsp3) is 0.273. The lowest BCUT2D eigenvalue weighted by molar-refractivity contribution is -0.165. The molecule has 1 N–H and O–H groups in total. The number of carbonyl (C=O) groups is 2. The minimum absolute atomic E-state index is 0.0513. The monoisotopic (exact) mass is 236 g/mol. The van der Waals surface area contributed by atoms with Crippen molar-refractivity contribution < 1.29 is 28.9 Å². The zero-order valence-electron chi connectivity index (χ0n) is 8.63. The van der Waals surface area contributed by atoms with E-state index in [9.17, 15) is 9.59 Å². The second-order valence-electron chi connectivity index (χ2n) is 3.79. The Bertz CT molecular complexity index is 521. The van der Waals surface area contributed by atoms with Crippen LogP contribution in [0.1, 0.15) is 17.2 Å². The Morgan fingerprint density at radius 1 is 1.29 bits per heavy atom. The number of benzene rings is 1. The summed E-state index contributed by atoms with van der Waals surface area (Å²) in [6.07, 6.45) is -1.21. The number of fused-ring (bicyclic) bond motifs is 2. The Kier molecular flexibility index (Phi) is 1.98. The zero-order valence-corrected chi connectivity index (χ0v) is 8.63. The van der Waals surface area contributed by atoms with Gasteiger partial charge in [-0.2, -0.15) is 0 Å². The van der Waals surface area contributed by atoms with Crippen molar-refractivity contribution in [1.82, 2.24) is 0 Å². The Labute approximate surface area is 95.7 Å². The zero-order chi connectivity index (χ0) is 12.0. The van der Waals surface area contributed by atoms with Crippen LogP contribution in [-0.4, -0.2) is 23.8 Å². The van der Waals surface area contributed by atoms with Crippen LogP contribution in [-0.2, 0) is 20.7 Å². The van der Waals surface area contributed by atoms with Gasteiger partial charge >= 0.3 is 11.9 Å². The summed E-state index contributed by atoms with van der Waals surface area (Å²) in [5.41, 5.74) is 1.05. The van der Waals surface area contributed by atoms with Gasteiger partial charge in [-0.05, 0) is 17.7 Å². The van der Waals surface area contributed by atoms with Crippen molar-refractivity contribution in [3.63, 3.8) is 0 Å². The summed E-state index contributed by atoms with van der Waals surface area (Å²) in [7, 11) is 0. The molecular weight excluding hydrogens is 228 g/mol. The highest BCUT2D eigenvalue weighted by Crippen LogP contribution is 2.39. The third kappa shape index (κ3) is 1.49. The lowest BCUT2D eigenvalue weighted by Gasteiger charge is -2.22. The van der Waals surface area contributed by atoms with Gasteiger partial charge < -0.3 is 19.3 Å². The Morgan fingerprint density at radius 2 is 2.00 bits per heavy atom. The number of aliphatic carboxylic acids is 1. The van der Waals surface area contributed by atoms with E-state index in [4.69, 9.17) is 19.3 Å². The van der Waals surface area contributed by atoms with Gasteiger partial charge in [0.15, 0.2) is 11.5 Å². The molecule has 0 spiro atoms. The number of ether oxygens (including phenoxy) is 3. The number of carboxylic acid groups (broad SMARTS) is 1. The van der Waals surface area contributed by atoms with Crippen molar-refractivity contribution in [1.29, 1.82) is 0 Å². The molecule has 88 valence electrons. The van der Waals surface area contributed by atoms with Crippen molar-refractivity contribution in [2.75, 3.05) is 6.79 Å². The van der Waals surface area contributed by atoms with Gasteiger partial charge in [-0.1, -0.05) is 0 Å². The first-order chi connectivity index (χ1) is 8.15. The standard InChI is InChI=1S/C11H8O6/c12-9-2-5-1-7-8(16-4-15-7)3-6(5)10(17-9)11(13)14/h1,3,10H,2,4H2,(H,13,14). The summed E-state index contributed by atoms with van der Waals surface area (Å²) in [5, 5.41) is 9.00. The van der Waals surface area contributed by atoms with E-state index in [1.54, 1.807) is 12.1 Å². The minimum atomic E-state index is -1.26. The van der Waals surface area contributed by atoms with Gasteiger partial charge in [0.25, 0.3) is 0 Å². The highest BCUT2D eigenvalue weighted by Gasteiger charge is 2.34. The normalized spacial score (nSPS) is 20.7. The van der Waals surface area contributed by atoms with Crippen molar-refractivity contribution >= 4 is 11.9 Å². The number of hydrogen-bond donors (Lipinski definition) is 1. The van der Waals surface area contributed by atoms with Gasteiger partial charge in [0.2, 0.25) is 12.9 Å². The summed E-state index contributed by atoms with van der Waals surface area (Å²) in [6, 6.07) is 3.19. The fourth-order valence-corrected chi connectivity index (χ4v) is 1.97. The van der Waals surface area contributed by atoms with Crippen LogP contribution >= 0.6 is 0 Å². The third-order valence-corrected chi connectivity index (χ3v) is 2.73. The van der Waals surface area contributed by atoms with E-state index in [1.165, 1.54) is 0 Å². The molecule has 0 saturated heterocycles. The van der Waals surface area contributed by atoms with Crippen molar-refractivity contribution in [3.05, 3.63) is 23.3 Å². The van der Waals surface area contributed by atoms with Gasteiger partial charge in [-0.3, -0.25) is 4.79 Å². The molecule has 6 nitrogen and oxygen atoms in total. The summed E-state index contributed by atoms with van der Waals surface area (Å²) in [4.78, 5) is 22.3. The van der Waals surface area contributed by atoms with Gasteiger partial charge in [0.1, 0.15) is 0 Å². The van der Waals surface area contributed by atoms with Crippen LogP contribution in [0.3, 0.4) is 0 Å². The van der Waals surface area contributed by atoms with Crippen LogP contribution in [0.25, 0.3) is 0 Å². The average Bonchev–Trinajstić information content (AvgIpc) is 2.71. The first-order valence-corrected chi connectivity index (χ1v) is 5.00. The molecule has 0 amide bonds. The van der Waals surface area contributed by atoms with Gasteiger partial charge in [-0.15, -0.1) is 0 Å². The molecule has 0 aromatic heterocycles. The smallest absolute Gasteiger partial charge is 0.349 e. The highest BCUT2D eigenvalue weighted by molar-refractivity contribution is 5.84. The Morgan fingerprint density at radius 3 is 2.71 bits per heavy atom. The van der Waals surface area contributed by atoms with E-state index in [-0.39, 0.29) is 13.2 Å². The summed E-state index contributed by atoms with van der Waals surface area (Å²) in [5.74, 6) is -0.738. The van der Waals surface area contributed by atoms with Crippen molar-refractivity contribution in [2.24, 2.45) is 0 Å². The number of hydrogen-bond acceptors (Lipinski definition) is 5. The number of rotatable bonds is 1. The van der Waals surface area contributed by atoms with E-state index in [0.717, 1.165) is 0 Å². The second-order valence-corrected chi connectivity index (χ2v) is 3.79. The van der Waals surface area contributed by atoms with E-state index in [0.29, 0.717) is 22.6 Å². The molecule has 0 saturated carbocycles. The molecule has 1 unspecified atom stereocenters. The molecule has 0 radical (unpaired) electrons. The molecule has 0 aliphatic carbocycles. The van der Waals surface area contributed by atoms with Crippen LogP contribution < -0.4 is 9.47 Å². The molecule has 0 fully saturated rings. The Hall–Kier alpha value is -2.24. The minimum Gasteiger partial charge on any atom is -0.478 e. The lowest BCUT2D eigenvalue weighted by atomic mass is 9.96. The SMILES string of the molecule is O=C1Cc2cc3c(cc2C(C(=O)O)O1)OCO3. The lowest BCUT2D eigenvalue weighted by Crippen LogP contribution is -2.26. The molecule has 1 aromatic carbocycles.